The number of aromatic nitrogens is 3. The molecule has 2 aromatic heterocycles. The van der Waals surface area contributed by atoms with Gasteiger partial charge >= 0.3 is 0 Å². The number of aryl methyl sites for hydroxylation is 2. The molecule has 2 N–H and O–H groups in total. The first-order valence-electron chi connectivity index (χ1n) is 12.0. The summed E-state index contributed by atoms with van der Waals surface area (Å²) in [6.07, 6.45) is 1.15. The number of amides is 1. The summed E-state index contributed by atoms with van der Waals surface area (Å²) in [6, 6.07) is 13.0. The van der Waals surface area contributed by atoms with Gasteiger partial charge in [-0.15, -0.1) is 0 Å². The molecule has 0 unspecified atom stereocenters. The maximum atomic E-state index is 13.7. The molecule has 0 radical (unpaired) electrons. The Bertz CT molecular complexity index is 1410. The summed E-state index contributed by atoms with van der Waals surface area (Å²) in [7, 11) is 0. The summed E-state index contributed by atoms with van der Waals surface area (Å²) in [6.45, 7) is 6.78. The van der Waals surface area contributed by atoms with Crippen molar-refractivity contribution < 1.29 is 9.18 Å². The van der Waals surface area contributed by atoms with Crippen LogP contribution in [0.4, 0.5) is 4.39 Å². The van der Waals surface area contributed by atoms with Crippen molar-refractivity contribution in [2.75, 3.05) is 13.1 Å². The molecule has 0 aliphatic carbocycles. The molecule has 0 aliphatic rings. The zero-order valence-corrected chi connectivity index (χ0v) is 21.5. The van der Waals surface area contributed by atoms with E-state index in [1.807, 2.05) is 38.1 Å². The fourth-order valence-corrected chi connectivity index (χ4v) is 5.10. The molecule has 4 aromatic rings. The molecular weight excluding hydrogens is 477 g/mol. The van der Waals surface area contributed by atoms with Crippen molar-refractivity contribution in [1.29, 1.82) is 0 Å². The number of hydrogen-bond donors (Lipinski definition) is 1. The van der Waals surface area contributed by atoms with Crippen molar-refractivity contribution in [2.24, 2.45) is 5.73 Å². The van der Waals surface area contributed by atoms with Crippen LogP contribution in [0.15, 0.2) is 53.3 Å². The van der Waals surface area contributed by atoms with Gasteiger partial charge in [0.15, 0.2) is 4.83 Å². The van der Waals surface area contributed by atoms with Crippen LogP contribution in [0.2, 0.25) is 0 Å². The number of carbonyl (C=O) groups is 1. The third-order valence-corrected chi connectivity index (χ3v) is 7.11. The van der Waals surface area contributed by atoms with E-state index in [1.54, 1.807) is 28.5 Å². The Morgan fingerprint density at radius 2 is 1.83 bits per heavy atom. The van der Waals surface area contributed by atoms with Gasteiger partial charge in [0, 0.05) is 12.1 Å². The topological polar surface area (TPSA) is 94.1 Å². The van der Waals surface area contributed by atoms with Crippen molar-refractivity contribution in [3.05, 3.63) is 92.9 Å². The van der Waals surface area contributed by atoms with Gasteiger partial charge in [-0.05, 0) is 74.6 Å². The van der Waals surface area contributed by atoms with E-state index in [9.17, 15) is 14.0 Å². The molecule has 0 aliphatic heterocycles. The predicted molar refractivity (Wildman–Crippen MR) is 141 cm³/mol. The van der Waals surface area contributed by atoms with Crippen LogP contribution in [0.1, 0.15) is 58.8 Å². The van der Waals surface area contributed by atoms with Crippen LogP contribution in [0.3, 0.4) is 0 Å². The van der Waals surface area contributed by atoms with Crippen LogP contribution in [0.5, 0.6) is 0 Å². The maximum absolute atomic E-state index is 13.7. The van der Waals surface area contributed by atoms with Crippen LogP contribution >= 0.6 is 11.5 Å². The SMILES string of the molecule is CC[C@H](c1nc2snc(C)c2c(=O)n1Cc1ccc(F)cc1)N(CCCN)C(=O)c1ccc(C)cc1. The van der Waals surface area contributed by atoms with Gasteiger partial charge in [0.2, 0.25) is 0 Å². The van der Waals surface area contributed by atoms with Gasteiger partial charge in [-0.2, -0.15) is 4.37 Å². The highest BCUT2D eigenvalue weighted by molar-refractivity contribution is 7.12. The number of fused-ring (bicyclic) bond motifs is 1. The fraction of sp³-hybridized carbons (Fsp3) is 0.333. The van der Waals surface area contributed by atoms with Gasteiger partial charge < -0.3 is 10.6 Å². The quantitative estimate of drug-likeness (QED) is 0.357. The molecule has 2 aromatic carbocycles. The van der Waals surface area contributed by atoms with Crippen LogP contribution in [-0.2, 0) is 6.54 Å². The first-order valence-corrected chi connectivity index (χ1v) is 12.8. The van der Waals surface area contributed by atoms with Crippen molar-refractivity contribution in [2.45, 2.75) is 46.2 Å². The molecule has 2 heterocycles. The van der Waals surface area contributed by atoms with Crippen molar-refractivity contribution in [3.63, 3.8) is 0 Å². The second-order valence-electron chi connectivity index (χ2n) is 8.87. The lowest BCUT2D eigenvalue weighted by Crippen LogP contribution is -2.40. The Morgan fingerprint density at radius 3 is 2.47 bits per heavy atom. The van der Waals surface area contributed by atoms with Crippen molar-refractivity contribution in [3.8, 4) is 0 Å². The van der Waals surface area contributed by atoms with Crippen LogP contribution in [0.25, 0.3) is 10.2 Å². The molecule has 1 amide bonds. The highest BCUT2D eigenvalue weighted by Crippen LogP contribution is 2.28. The van der Waals surface area contributed by atoms with Gasteiger partial charge in [0.1, 0.15) is 11.6 Å². The number of nitrogens with two attached hydrogens (primary N) is 1. The molecule has 36 heavy (non-hydrogen) atoms. The molecule has 7 nitrogen and oxygen atoms in total. The minimum absolute atomic E-state index is 0.140. The molecule has 0 spiro atoms. The smallest absolute Gasteiger partial charge is 0.264 e. The zero-order valence-electron chi connectivity index (χ0n) is 20.7. The van der Waals surface area contributed by atoms with E-state index in [4.69, 9.17) is 10.7 Å². The normalized spacial score (nSPS) is 12.1. The molecule has 9 heteroatoms. The first kappa shape index (κ1) is 25.7. The standard InChI is InChI=1S/C27H30FN5O2S/c1-4-22(32(15-5-14-29)26(34)20-10-6-17(2)7-11-20)24-30-25-23(18(3)31-36-25)27(35)33(24)16-19-8-12-21(28)13-9-19/h6-13,22H,4-5,14-16,29H2,1-3H3/t22-/m1/s1. The van der Waals surface area contributed by atoms with E-state index in [-0.39, 0.29) is 23.8 Å². The fourth-order valence-electron chi connectivity index (χ4n) is 4.33. The van der Waals surface area contributed by atoms with Gasteiger partial charge in [-0.25, -0.2) is 9.37 Å². The average molecular weight is 508 g/mol. The van der Waals surface area contributed by atoms with Gasteiger partial charge in [-0.1, -0.05) is 36.8 Å². The summed E-state index contributed by atoms with van der Waals surface area (Å²) < 4.78 is 19.5. The van der Waals surface area contributed by atoms with E-state index in [0.717, 1.165) is 11.1 Å². The molecule has 1 atom stereocenters. The molecule has 4 rings (SSSR count). The highest BCUT2D eigenvalue weighted by atomic mass is 32.1. The highest BCUT2D eigenvalue weighted by Gasteiger charge is 2.30. The van der Waals surface area contributed by atoms with E-state index >= 15 is 0 Å². The second-order valence-corrected chi connectivity index (χ2v) is 9.62. The van der Waals surface area contributed by atoms with Gasteiger partial charge in [0.05, 0.1) is 23.7 Å². The van der Waals surface area contributed by atoms with Gasteiger partial charge in [0.25, 0.3) is 11.5 Å². The number of halogens is 1. The van der Waals surface area contributed by atoms with Crippen LogP contribution in [-0.4, -0.2) is 37.8 Å². The molecule has 0 saturated heterocycles. The summed E-state index contributed by atoms with van der Waals surface area (Å²) >= 11 is 1.18. The molecule has 0 fully saturated rings. The predicted octanol–water partition coefficient (Wildman–Crippen LogP) is 4.60. The zero-order chi connectivity index (χ0) is 25.8. The monoisotopic (exact) mass is 507 g/mol. The Labute approximate surface area is 213 Å². The van der Waals surface area contributed by atoms with Gasteiger partial charge in [-0.3, -0.25) is 14.2 Å². The number of hydrogen-bond acceptors (Lipinski definition) is 6. The lowest BCUT2D eigenvalue weighted by Gasteiger charge is -2.32. The maximum Gasteiger partial charge on any atom is 0.264 e. The summed E-state index contributed by atoms with van der Waals surface area (Å²) in [5, 5.41) is 0.471. The number of nitrogens with zero attached hydrogens (tertiary/aromatic N) is 4. The Kier molecular flexibility index (Phi) is 7.91. The lowest BCUT2D eigenvalue weighted by atomic mass is 10.1. The number of carbonyl (C=O) groups excluding carboxylic acids is 1. The molecule has 188 valence electrons. The minimum Gasteiger partial charge on any atom is -0.330 e. The van der Waals surface area contributed by atoms with E-state index in [1.165, 1.54) is 23.7 Å². The Morgan fingerprint density at radius 1 is 1.14 bits per heavy atom. The number of rotatable bonds is 9. The largest absolute Gasteiger partial charge is 0.330 e. The molecule has 0 saturated carbocycles. The van der Waals surface area contributed by atoms with Crippen LogP contribution in [0, 0.1) is 19.7 Å². The molecule has 0 bridgehead atoms. The summed E-state index contributed by atoms with van der Waals surface area (Å²) in [4.78, 5) is 34.6. The Balaban J connectivity index is 1.86. The summed E-state index contributed by atoms with van der Waals surface area (Å²) in [5.74, 6) is -0.000197. The van der Waals surface area contributed by atoms with Crippen molar-refractivity contribution in [1.82, 2.24) is 18.8 Å². The number of benzene rings is 2. The van der Waals surface area contributed by atoms with E-state index in [0.29, 0.717) is 53.2 Å². The Hall–Kier alpha value is -3.43. The van der Waals surface area contributed by atoms with E-state index in [2.05, 4.69) is 4.37 Å². The first-order chi connectivity index (χ1) is 17.3. The van der Waals surface area contributed by atoms with Crippen LogP contribution < -0.4 is 11.3 Å². The third kappa shape index (κ3) is 5.22. The third-order valence-electron chi connectivity index (χ3n) is 6.27. The molecular formula is C27H30FN5O2S. The average Bonchev–Trinajstić information content (AvgIpc) is 3.25. The van der Waals surface area contributed by atoms with Crippen molar-refractivity contribution >= 4 is 27.7 Å². The summed E-state index contributed by atoms with van der Waals surface area (Å²) in [5.41, 5.74) is 8.61. The van der Waals surface area contributed by atoms with E-state index < -0.39 is 6.04 Å². The second kappa shape index (κ2) is 11.1. The minimum atomic E-state index is -0.467. The lowest BCUT2D eigenvalue weighted by molar-refractivity contribution is 0.0656.